The third kappa shape index (κ3) is 3.55. The lowest BCUT2D eigenvalue weighted by Crippen LogP contribution is -2.41. The Morgan fingerprint density at radius 1 is 0.917 bits per heavy atom. The Labute approximate surface area is 143 Å². The van der Waals surface area contributed by atoms with E-state index in [1.165, 1.54) is 0 Å². The number of hydrogen-bond donors (Lipinski definition) is 3. The Morgan fingerprint density at radius 3 is 2.25 bits per heavy atom. The number of nitrogens with one attached hydrogen (secondary N) is 3. The molecule has 0 fully saturated rings. The van der Waals surface area contributed by atoms with Crippen LogP contribution in [0.4, 0.5) is 5.69 Å². The fourth-order valence-electron chi connectivity index (χ4n) is 2.38. The van der Waals surface area contributed by atoms with Crippen molar-refractivity contribution in [2.75, 3.05) is 5.32 Å². The summed E-state index contributed by atoms with van der Waals surface area (Å²) in [5.41, 5.74) is 7.12. The highest BCUT2D eigenvalue weighted by Gasteiger charge is 2.17. The first kappa shape index (κ1) is 16.0. The van der Waals surface area contributed by atoms with Gasteiger partial charge in [-0.1, -0.05) is 11.6 Å². The lowest BCUT2D eigenvalue weighted by atomic mass is 10.0. The summed E-state index contributed by atoms with van der Waals surface area (Å²) in [5, 5.41) is 3.28. The molecule has 0 bridgehead atoms. The van der Waals surface area contributed by atoms with E-state index in [1.807, 2.05) is 0 Å². The van der Waals surface area contributed by atoms with Crippen LogP contribution in [0.3, 0.4) is 0 Å². The number of anilines is 1. The predicted molar refractivity (Wildman–Crippen MR) is 89.8 cm³/mol. The molecule has 0 radical (unpaired) electrons. The van der Waals surface area contributed by atoms with E-state index in [0.29, 0.717) is 34.7 Å². The minimum Gasteiger partial charge on any atom is -0.326 e. The van der Waals surface area contributed by atoms with Gasteiger partial charge in [0.05, 0.1) is 0 Å². The molecule has 1 heterocycles. The molecule has 6 nitrogen and oxygen atoms in total. The molecule has 0 atom stereocenters. The monoisotopic (exact) mass is 343 g/mol. The maximum atomic E-state index is 12.2. The third-order valence-electron chi connectivity index (χ3n) is 3.66. The summed E-state index contributed by atoms with van der Waals surface area (Å²) < 4.78 is 0. The number of halogens is 1. The van der Waals surface area contributed by atoms with E-state index in [-0.39, 0.29) is 5.91 Å². The number of carbonyl (C=O) groups is 3. The summed E-state index contributed by atoms with van der Waals surface area (Å²) in [5.74, 6) is -0.905. The molecule has 7 heteroatoms. The van der Waals surface area contributed by atoms with Crippen LogP contribution in [-0.2, 0) is 11.2 Å². The lowest BCUT2D eigenvalue weighted by molar-refractivity contribution is -0.116. The highest BCUT2D eigenvalue weighted by atomic mass is 35.5. The first-order chi connectivity index (χ1) is 11.5. The van der Waals surface area contributed by atoms with E-state index in [4.69, 9.17) is 11.6 Å². The van der Waals surface area contributed by atoms with Crippen molar-refractivity contribution in [3.05, 3.63) is 64.2 Å². The van der Waals surface area contributed by atoms with Crippen LogP contribution >= 0.6 is 11.6 Å². The average molecular weight is 344 g/mol. The number of fused-ring (bicyclic) bond motifs is 1. The van der Waals surface area contributed by atoms with E-state index in [2.05, 4.69) is 16.2 Å². The predicted octanol–water partition coefficient (Wildman–Crippen LogP) is 2.30. The van der Waals surface area contributed by atoms with Gasteiger partial charge in [-0.15, -0.1) is 0 Å². The molecule has 3 N–H and O–H groups in total. The second-order valence-corrected chi connectivity index (χ2v) is 5.77. The first-order valence-corrected chi connectivity index (χ1v) is 7.70. The molecular weight excluding hydrogens is 330 g/mol. The largest absolute Gasteiger partial charge is 0.326 e. The number of hydrazine groups is 1. The second-order valence-electron chi connectivity index (χ2n) is 5.34. The van der Waals surface area contributed by atoms with Crippen molar-refractivity contribution in [1.29, 1.82) is 0 Å². The molecule has 1 aliphatic heterocycles. The summed E-state index contributed by atoms with van der Waals surface area (Å²) >= 11 is 5.76. The zero-order valence-corrected chi connectivity index (χ0v) is 13.3. The fourth-order valence-corrected chi connectivity index (χ4v) is 2.51. The number of amides is 3. The molecule has 0 saturated carbocycles. The van der Waals surface area contributed by atoms with Crippen LogP contribution in [0.2, 0.25) is 5.02 Å². The highest BCUT2D eigenvalue weighted by Crippen LogP contribution is 2.23. The van der Waals surface area contributed by atoms with Gasteiger partial charge in [-0.2, -0.15) is 0 Å². The molecule has 2 aromatic rings. The maximum absolute atomic E-state index is 12.2. The SMILES string of the molecule is O=C1CCc2cc(C(=O)NNC(=O)c3ccc(Cl)cc3)ccc2N1. The Balaban J connectivity index is 1.64. The molecule has 1 aliphatic rings. The Hall–Kier alpha value is -2.86. The van der Waals surface area contributed by atoms with E-state index >= 15 is 0 Å². The van der Waals surface area contributed by atoms with Gasteiger partial charge in [-0.05, 0) is 54.4 Å². The van der Waals surface area contributed by atoms with E-state index in [1.54, 1.807) is 42.5 Å². The average Bonchev–Trinajstić information content (AvgIpc) is 2.59. The summed E-state index contributed by atoms with van der Waals surface area (Å²) in [6.45, 7) is 0. The maximum Gasteiger partial charge on any atom is 0.269 e. The molecule has 0 spiro atoms. The van der Waals surface area contributed by atoms with Crippen LogP contribution in [0.1, 0.15) is 32.7 Å². The normalized spacial score (nSPS) is 12.8. The van der Waals surface area contributed by atoms with Crippen molar-refractivity contribution < 1.29 is 14.4 Å². The molecular formula is C17H14ClN3O3. The van der Waals surface area contributed by atoms with Crippen LogP contribution in [-0.4, -0.2) is 17.7 Å². The topological polar surface area (TPSA) is 87.3 Å². The van der Waals surface area contributed by atoms with Gasteiger partial charge in [0.15, 0.2) is 0 Å². The lowest BCUT2D eigenvalue weighted by Gasteiger charge is -2.17. The molecule has 0 aromatic heterocycles. The van der Waals surface area contributed by atoms with Crippen molar-refractivity contribution in [3.8, 4) is 0 Å². The number of hydrogen-bond acceptors (Lipinski definition) is 3. The minimum absolute atomic E-state index is 0.0325. The van der Waals surface area contributed by atoms with Crippen molar-refractivity contribution in [2.24, 2.45) is 0 Å². The molecule has 0 saturated heterocycles. The summed E-state index contributed by atoms with van der Waals surface area (Å²) in [7, 11) is 0. The van der Waals surface area contributed by atoms with Crippen molar-refractivity contribution in [3.63, 3.8) is 0 Å². The van der Waals surface area contributed by atoms with Crippen LogP contribution in [0.25, 0.3) is 0 Å². The number of benzene rings is 2. The van der Waals surface area contributed by atoms with Gasteiger partial charge in [0.25, 0.3) is 11.8 Å². The molecule has 0 unspecified atom stereocenters. The number of rotatable bonds is 2. The van der Waals surface area contributed by atoms with Gasteiger partial charge >= 0.3 is 0 Å². The Kier molecular flexibility index (Phi) is 4.48. The molecule has 3 amide bonds. The number of aryl methyl sites for hydroxylation is 1. The fraction of sp³-hybridized carbons (Fsp3) is 0.118. The number of carbonyl (C=O) groups excluding carboxylic acids is 3. The van der Waals surface area contributed by atoms with Gasteiger partial charge in [-0.25, -0.2) is 0 Å². The van der Waals surface area contributed by atoms with Crippen LogP contribution in [0, 0.1) is 0 Å². The smallest absolute Gasteiger partial charge is 0.269 e. The van der Waals surface area contributed by atoms with E-state index < -0.39 is 11.8 Å². The van der Waals surface area contributed by atoms with Gasteiger partial charge in [0.2, 0.25) is 5.91 Å². The van der Waals surface area contributed by atoms with Crippen LogP contribution in [0.15, 0.2) is 42.5 Å². The first-order valence-electron chi connectivity index (χ1n) is 7.32. The van der Waals surface area contributed by atoms with Crippen LogP contribution in [0.5, 0.6) is 0 Å². The molecule has 2 aromatic carbocycles. The van der Waals surface area contributed by atoms with E-state index in [0.717, 1.165) is 5.56 Å². The van der Waals surface area contributed by atoms with E-state index in [9.17, 15) is 14.4 Å². The molecule has 0 aliphatic carbocycles. The highest BCUT2D eigenvalue weighted by molar-refractivity contribution is 6.30. The Bertz CT molecular complexity index is 818. The van der Waals surface area contributed by atoms with Crippen molar-refractivity contribution in [2.45, 2.75) is 12.8 Å². The summed E-state index contributed by atoms with van der Waals surface area (Å²) in [6, 6.07) is 11.3. The van der Waals surface area contributed by atoms with Gasteiger partial charge in [0, 0.05) is 28.3 Å². The van der Waals surface area contributed by atoms with Gasteiger partial charge < -0.3 is 5.32 Å². The quantitative estimate of drug-likeness (QED) is 0.731. The standard InChI is InChI=1S/C17H14ClN3O3/c18-13-5-1-10(2-6-13)16(23)20-21-17(24)12-3-7-14-11(9-12)4-8-15(22)19-14/h1-3,5-7,9H,4,8H2,(H,19,22)(H,20,23)(H,21,24). The Morgan fingerprint density at radius 2 is 1.54 bits per heavy atom. The third-order valence-corrected chi connectivity index (χ3v) is 3.91. The zero-order chi connectivity index (χ0) is 17.1. The summed E-state index contributed by atoms with van der Waals surface area (Å²) in [4.78, 5) is 35.4. The zero-order valence-electron chi connectivity index (χ0n) is 12.6. The van der Waals surface area contributed by atoms with Crippen LogP contribution < -0.4 is 16.2 Å². The molecule has 3 rings (SSSR count). The van der Waals surface area contributed by atoms with Crippen molar-refractivity contribution >= 4 is 35.0 Å². The van der Waals surface area contributed by atoms with Crippen molar-refractivity contribution in [1.82, 2.24) is 10.9 Å². The summed E-state index contributed by atoms with van der Waals surface area (Å²) in [6.07, 6.45) is 0.977. The van der Waals surface area contributed by atoms with Gasteiger partial charge in [-0.3, -0.25) is 25.2 Å². The molecule has 122 valence electrons. The molecule has 24 heavy (non-hydrogen) atoms. The second kappa shape index (κ2) is 6.72. The minimum atomic E-state index is -0.440. The van der Waals surface area contributed by atoms with Gasteiger partial charge in [0.1, 0.15) is 0 Å².